The number of para-hydroxylation sites is 1. The van der Waals surface area contributed by atoms with Gasteiger partial charge in [0.05, 0.1) is 5.69 Å². The summed E-state index contributed by atoms with van der Waals surface area (Å²) in [5, 5.41) is 0. The maximum Gasteiger partial charge on any atom is 0.243 e. The molecule has 5 nitrogen and oxygen atoms in total. The summed E-state index contributed by atoms with van der Waals surface area (Å²) in [4.78, 5) is 38.2. The summed E-state index contributed by atoms with van der Waals surface area (Å²) in [6.07, 6.45) is 0.406. The first-order valence-corrected chi connectivity index (χ1v) is 7.25. The van der Waals surface area contributed by atoms with E-state index in [1.165, 1.54) is 4.90 Å². The molecule has 1 aromatic carbocycles. The van der Waals surface area contributed by atoms with E-state index < -0.39 is 0 Å². The van der Waals surface area contributed by atoms with Crippen molar-refractivity contribution in [3.63, 3.8) is 0 Å². The number of likely N-dealkylation sites (tertiary alicyclic amines) is 1. The van der Waals surface area contributed by atoms with Crippen LogP contribution in [0.3, 0.4) is 0 Å². The minimum atomic E-state index is -0.332. The van der Waals surface area contributed by atoms with Crippen molar-refractivity contribution in [1.82, 2.24) is 4.90 Å². The quantitative estimate of drug-likeness (QED) is 0.631. The molecule has 1 fully saturated rings. The Morgan fingerprint density at radius 1 is 1.19 bits per heavy atom. The highest BCUT2D eigenvalue weighted by Crippen LogP contribution is 2.26. The van der Waals surface area contributed by atoms with Gasteiger partial charge < -0.3 is 0 Å². The Hall–Kier alpha value is -1.88. The molecular formula is C15H17ClN2O3. The summed E-state index contributed by atoms with van der Waals surface area (Å²) < 4.78 is 0. The predicted molar refractivity (Wildman–Crippen MR) is 80.1 cm³/mol. The molecule has 0 bridgehead atoms. The van der Waals surface area contributed by atoms with Gasteiger partial charge in [0.1, 0.15) is 12.5 Å². The number of rotatable bonds is 4. The van der Waals surface area contributed by atoms with Crippen LogP contribution in [-0.2, 0) is 14.4 Å². The van der Waals surface area contributed by atoms with Gasteiger partial charge in [0.25, 0.3) is 0 Å². The van der Waals surface area contributed by atoms with E-state index in [2.05, 4.69) is 0 Å². The second kappa shape index (κ2) is 6.26. The maximum absolute atomic E-state index is 12.2. The molecule has 1 heterocycles. The monoisotopic (exact) mass is 308 g/mol. The van der Waals surface area contributed by atoms with Gasteiger partial charge in [0.15, 0.2) is 0 Å². The minimum Gasteiger partial charge on any atom is -0.292 e. The van der Waals surface area contributed by atoms with Gasteiger partial charge in [-0.1, -0.05) is 18.2 Å². The van der Waals surface area contributed by atoms with Gasteiger partial charge in [0, 0.05) is 12.8 Å². The molecular weight excluding hydrogens is 292 g/mol. The van der Waals surface area contributed by atoms with Crippen molar-refractivity contribution in [2.45, 2.75) is 26.7 Å². The van der Waals surface area contributed by atoms with Crippen molar-refractivity contribution in [2.24, 2.45) is 0 Å². The number of aryl methyl sites for hydroxylation is 2. The number of nitrogens with zero attached hydrogens (tertiary/aromatic N) is 2. The molecule has 0 aromatic heterocycles. The molecule has 6 heteroatoms. The molecule has 0 radical (unpaired) electrons. The van der Waals surface area contributed by atoms with Crippen LogP contribution in [0.1, 0.15) is 24.0 Å². The van der Waals surface area contributed by atoms with Crippen LogP contribution in [-0.4, -0.2) is 35.2 Å². The fourth-order valence-electron chi connectivity index (χ4n) is 2.50. The van der Waals surface area contributed by atoms with Gasteiger partial charge in [0.2, 0.25) is 17.7 Å². The largest absolute Gasteiger partial charge is 0.292 e. The number of imide groups is 1. The van der Waals surface area contributed by atoms with E-state index in [-0.39, 0.29) is 43.1 Å². The van der Waals surface area contributed by atoms with E-state index in [0.717, 1.165) is 16.0 Å². The van der Waals surface area contributed by atoms with Crippen molar-refractivity contribution in [3.05, 3.63) is 29.3 Å². The van der Waals surface area contributed by atoms with Crippen molar-refractivity contribution < 1.29 is 14.4 Å². The number of hydrogen-bond donors (Lipinski definition) is 0. The molecule has 112 valence electrons. The Balaban J connectivity index is 2.38. The molecule has 1 saturated heterocycles. The molecule has 0 aliphatic carbocycles. The predicted octanol–water partition coefficient (Wildman–Crippen LogP) is 1.98. The van der Waals surface area contributed by atoms with Crippen molar-refractivity contribution in [3.8, 4) is 0 Å². The van der Waals surface area contributed by atoms with Crippen LogP contribution in [0.25, 0.3) is 0 Å². The molecule has 0 spiro atoms. The lowest BCUT2D eigenvalue weighted by Crippen LogP contribution is -2.45. The molecule has 0 unspecified atom stereocenters. The Kier molecular flexibility index (Phi) is 4.63. The van der Waals surface area contributed by atoms with Crippen LogP contribution in [0.2, 0.25) is 0 Å². The number of benzene rings is 1. The number of anilines is 1. The smallest absolute Gasteiger partial charge is 0.243 e. The Morgan fingerprint density at radius 3 is 2.19 bits per heavy atom. The first-order chi connectivity index (χ1) is 9.95. The van der Waals surface area contributed by atoms with Crippen LogP contribution in [0, 0.1) is 13.8 Å². The van der Waals surface area contributed by atoms with Crippen LogP contribution in [0.15, 0.2) is 18.2 Å². The summed E-state index contributed by atoms with van der Waals surface area (Å²) in [6.45, 7) is 3.68. The number of halogens is 1. The third kappa shape index (κ3) is 3.08. The van der Waals surface area contributed by atoms with Crippen LogP contribution in [0.4, 0.5) is 5.69 Å². The second-order valence-corrected chi connectivity index (χ2v) is 5.32. The van der Waals surface area contributed by atoms with Crippen molar-refractivity contribution in [2.75, 3.05) is 17.4 Å². The molecule has 0 saturated carbocycles. The number of carbonyl (C=O) groups is 3. The highest BCUT2D eigenvalue weighted by Gasteiger charge is 2.32. The van der Waals surface area contributed by atoms with Gasteiger partial charge in [-0.3, -0.25) is 24.2 Å². The summed E-state index contributed by atoms with van der Waals surface area (Å²) in [5.74, 6) is -1.04. The number of amides is 3. The summed E-state index contributed by atoms with van der Waals surface area (Å²) >= 11 is 5.68. The normalized spacial score (nSPS) is 14.7. The van der Waals surface area contributed by atoms with Gasteiger partial charge in [-0.2, -0.15) is 0 Å². The van der Waals surface area contributed by atoms with Gasteiger partial charge >= 0.3 is 0 Å². The van der Waals surface area contributed by atoms with E-state index in [4.69, 9.17) is 11.6 Å². The SMILES string of the molecule is Cc1cccc(C)c1N(CN1C(=O)CCC1=O)C(=O)CCl. The zero-order chi connectivity index (χ0) is 15.6. The van der Waals surface area contributed by atoms with E-state index in [0.29, 0.717) is 5.69 Å². The average molecular weight is 309 g/mol. The summed E-state index contributed by atoms with van der Waals surface area (Å²) in [6, 6.07) is 5.65. The van der Waals surface area contributed by atoms with Crippen molar-refractivity contribution >= 4 is 35.0 Å². The summed E-state index contributed by atoms with van der Waals surface area (Å²) in [7, 11) is 0. The Labute approximate surface area is 128 Å². The zero-order valence-corrected chi connectivity index (χ0v) is 12.8. The average Bonchev–Trinajstić information content (AvgIpc) is 2.76. The number of carbonyl (C=O) groups excluding carboxylic acids is 3. The topological polar surface area (TPSA) is 57.7 Å². The number of hydrogen-bond acceptors (Lipinski definition) is 3. The fraction of sp³-hybridized carbons (Fsp3) is 0.400. The maximum atomic E-state index is 12.2. The lowest BCUT2D eigenvalue weighted by atomic mass is 10.1. The Bertz CT molecular complexity index is 564. The first-order valence-electron chi connectivity index (χ1n) is 6.71. The van der Waals surface area contributed by atoms with Crippen LogP contribution >= 0.6 is 11.6 Å². The van der Waals surface area contributed by atoms with Crippen LogP contribution < -0.4 is 4.90 Å². The zero-order valence-electron chi connectivity index (χ0n) is 12.1. The molecule has 3 amide bonds. The molecule has 21 heavy (non-hydrogen) atoms. The summed E-state index contributed by atoms with van der Waals surface area (Å²) in [5.41, 5.74) is 2.50. The third-order valence-electron chi connectivity index (χ3n) is 3.56. The first kappa shape index (κ1) is 15.5. The molecule has 1 aromatic rings. The lowest BCUT2D eigenvalue weighted by Gasteiger charge is -2.29. The molecule has 1 aliphatic rings. The van der Waals surface area contributed by atoms with Gasteiger partial charge in [-0.25, -0.2) is 0 Å². The molecule has 0 atom stereocenters. The van der Waals surface area contributed by atoms with E-state index in [9.17, 15) is 14.4 Å². The highest BCUT2D eigenvalue weighted by atomic mass is 35.5. The fourth-order valence-corrected chi connectivity index (χ4v) is 2.64. The van der Waals surface area contributed by atoms with E-state index in [1.54, 1.807) is 0 Å². The lowest BCUT2D eigenvalue weighted by molar-refractivity contribution is -0.138. The molecule has 2 rings (SSSR count). The molecule has 0 N–H and O–H groups in total. The van der Waals surface area contributed by atoms with Gasteiger partial charge in [-0.15, -0.1) is 11.6 Å². The van der Waals surface area contributed by atoms with Gasteiger partial charge in [-0.05, 0) is 25.0 Å². The van der Waals surface area contributed by atoms with Crippen LogP contribution in [0.5, 0.6) is 0 Å². The minimum absolute atomic E-state index is 0.0745. The second-order valence-electron chi connectivity index (χ2n) is 5.05. The third-order valence-corrected chi connectivity index (χ3v) is 3.79. The highest BCUT2D eigenvalue weighted by molar-refractivity contribution is 6.29. The standard InChI is InChI=1S/C15H17ClN2O3/c1-10-4-3-5-11(2)15(10)18(14(21)8-16)9-17-12(19)6-7-13(17)20/h3-5H,6-9H2,1-2H3. The van der Waals surface area contributed by atoms with Crippen molar-refractivity contribution in [1.29, 1.82) is 0 Å². The molecule has 1 aliphatic heterocycles. The van der Waals surface area contributed by atoms with E-state index in [1.807, 2.05) is 32.0 Å². The number of alkyl halides is 1. The van der Waals surface area contributed by atoms with E-state index >= 15 is 0 Å². The Morgan fingerprint density at radius 2 is 1.71 bits per heavy atom.